The normalized spacial score (nSPS) is 11.5. The van der Waals surface area contributed by atoms with Crippen molar-refractivity contribution in [2.75, 3.05) is 0 Å². The van der Waals surface area contributed by atoms with Gasteiger partial charge in [0.2, 0.25) is 0 Å². The molecule has 86 valence electrons. The monoisotopic (exact) mass is 245 g/mol. The Kier molecular flexibility index (Phi) is 2.10. The standard InChI is InChI=1S/C14H12ClNO/c1-7-5-8(2)12-9-3-4-10(15)14(17)13(9)16-11(12)6-7/h3-6,16-17H,1-2H3. The van der Waals surface area contributed by atoms with E-state index in [4.69, 9.17) is 11.6 Å². The van der Waals surface area contributed by atoms with Crippen LogP contribution >= 0.6 is 11.6 Å². The van der Waals surface area contributed by atoms with Crippen LogP contribution in [0, 0.1) is 13.8 Å². The SMILES string of the molecule is Cc1cc(C)c2c(c1)[nH]c1c(O)c(Cl)ccc12. The summed E-state index contributed by atoms with van der Waals surface area (Å²) in [6.45, 7) is 4.14. The summed E-state index contributed by atoms with van der Waals surface area (Å²) in [5.41, 5.74) is 4.15. The molecular weight excluding hydrogens is 234 g/mol. The fraction of sp³-hybridized carbons (Fsp3) is 0.143. The first-order valence-electron chi connectivity index (χ1n) is 5.48. The minimum atomic E-state index is 0.123. The van der Waals surface area contributed by atoms with Crippen LogP contribution < -0.4 is 0 Å². The molecule has 0 amide bonds. The number of hydrogen-bond donors (Lipinski definition) is 2. The van der Waals surface area contributed by atoms with E-state index >= 15 is 0 Å². The zero-order valence-electron chi connectivity index (χ0n) is 9.63. The summed E-state index contributed by atoms with van der Waals surface area (Å²) in [5.74, 6) is 0.123. The van der Waals surface area contributed by atoms with Crippen molar-refractivity contribution in [3.8, 4) is 5.75 Å². The molecule has 0 saturated carbocycles. The van der Waals surface area contributed by atoms with Gasteiger partial charge in [0.15, 0.2) is 5.75 Å². The third-order valence-electron chi connectivity index (χ3n) is 3.14. The Labute approximate surface area is 104 Å². The number of aromatic amines is 1. The van der Waals surface area contributed by atoms with Crippen molar-refractivity contribution in [2.24, 2.45) is 0 Å². The van der Waals surface area contributed by atoms with E-state index in [9.17, 15) is 5.11 Å². The Hall–Kier alpha value is -1.67. The van der Waals surface area contributed by atoms with Crippen molar-refractivity contribution in [1.82, 2.24) is 4.98 Å². The van der Waals surface area contributed by atoms with Gasteiger partial charge in [0.05, 0.1) is 10.5 Å². The van der Waals surface area contributed by atoms with Crippen molar-refractivity contribution >= 4 is 33.4 Å². The van der Waals surface area contributed by atoms with Crippen molar-refractivity contribution in [1.29, 1.82) is 0 Å². The molecule has 0 fully saturated rings. The number of phenols is 1. The molecule has 0 unspecified atom stereocenters. The molecule has 2 aromatic carbocycles. The topological polar surface area (TPSA) is 36.0 Å². The fourth-order valence-corrected chi connectivity index (χ4v) is 2.62. The third-order valence-corrected chi connectivity index (χ3v) is 3.44. The van der Waals surface area contributed by atoms with Gasteiger partial charge in [0.1, 0.15) is 0 Å². The third kappa shape index (κ3) is 1.41. The van der Waals surface area contributed by atoms with Crippen LogP contribution in [0.25, 0.3) is 21.8 Å². The zero-order chi connectivity index (χ0) is 12.2. The van der Waals surface area contributed by atoms with Crippen LogP contribution in [0.1, 0.15) is 11.1 Å². The second-order valence-corrected chi connectivity index (χ2v) is 4.86. The minimum Gasteiger partial charge on any atom is -0.504 e. The first kappa shape index (κ1) is 10.5. The van der Waals surface area contributed by atoms with Gasteiger partial charge in [0, 0.05) is 16.3 Å². The number of aromatic nitrogens is 1. The highest BCUT2D eigenvalue weighted by atomic mass is 35.5. The van der Waals surface area contributed by atoms with Crippen LogP contribution in [0.3, 0.4) is 0 Å². The Bertz CT molecular complexity index is 743. The molecule has 1 aromatic heterocycles. The summed E-state index contributed by atoms with van der Waals surface area (Å²) >= 11 is 5.92. The fourth-order valence-electron chi connectivity index (χ4n) is 2.46. The number of aryl methyl sites for hydroxylation is 2. The molecule has 0 spiro atoms. The smallest absolute Gasteiger partial charge is 0.158 e. The summed E-state index contributed by atoms with van der Waals surface area (Å²) in [4.78, 5) is 3.23. The molecule has 2 nitrogen and oxygen atoms in total. The van der Waals surface area contributed by atoms with E-state index < -0.39 is 0 Å². The van der Waals surface area contributed by atoms with E-state index in [1.165, 1.54) is 11.1 Å². The lowest BCUT2D eigenvalue weighted by Gasteiger charge is -2.00. The molecule has 0 atom stereocenters. The molecule has 17 heavy (non-hydrogen) atoms. The molecule has 0 saturated heterocycles. The Morgan fingerprint density at radius 1 is 1.18 bits per heavy atom. The van der Waals surface area contributed by atoms with Crippen molar-refractivity contribution in [3.63, 3.8) is 0 Å². The van der Waals surface area contributed by atoms with E-state index in [1.807, 2.05) is 6.07 Å². The van der Waals surface area contributed by atoms with E-state index in [0.717, 1.165) is 16.3 Å². The maximum absolute atomic E-state index is 9.96. The van der Waals surface area contributed by atoms with E-state index in [2.05, 4.69) is 31.0 Å². The first-order chi connectivity index (χ1) is 8.08. The molecule has 0 aliphatic heterocycles. The van der Waals surface area contributed by atoms with Crippen LogP contribution in [0.15, 0.2) is 24.3 Å². The van der Waals surface area contributed by atoms with Gasteiger partial charge in [-0.3, -0.25) is 0 Å². The molecule has 0 aliphatic rings. The van der Waals surface area contributed by atoms with Crippen LogP contribution in [0.2, 0.25) is 5.02 Å². The molecule has 0 aliphatic carbocycles. The average molecular weight is 246 g/mol. The van der Waals surface area contributed by atoms with Crippen LogP contribution in [-0.4, -0.2) is 10.1 Å². The number of phenolic OH excluding ortho intramolecular Hbond substituents is 1. The van der Waals surface area contributed by atoms with Crippen LogP contribution in [-0.2, 0) is 0 Å². The number of benzene rings is 2. The molecule has 3 aromatic rings. The Morgan fingerprint density at radius 2 is 1.94 bits per heavy atom. The van der Waals surface area contributed by atoms with E-state index in [1.54, 1.807) is 6.07 Å². The predicted molar refractivity (Wildman–Crippen MR) is 72.0 cm³/mol. The summed E-state index contributed by atoms with van der Waals surface area (Å²) in [5, 5.41) is 12.5. The number of nitrogens with one attached hydrogen (secondary N) is 1. The predicted octanol–water partition coefficient (Wildman–Crippen LogP) is 4.30. The van der Waals surface area contributed by atoms with Gasteiger partial charge in [-0.15, -0.1) is 0 Å². The number of aromatic hydroxyl groups is 1. The van der Waals surface area contributed by atoms with Gasteiger partial charge in [-0.05, 0) is 37.1 Å². The van der Waals surface area contributed by atoms with E-state index in [0.29, 0.717) is 10.5 Å². The van der Waals surface area contributed by atoms with Crippen LogP contribution in [0.4, 0.5) is 0 Å². The Morgan fingerprint density at radius 3 is 2.71 bits per heavy atom. The quantitative estimate of drug-likeness (QED) is 0.609. The maximum atomic E-state index is 9.96. The van der Waals surface area contributed by atoms with E-state index in [-0.39, 0.29) is 5.75 Å². The molecular formula is C14H12ClNO. The molecule has 0 bridgehead atoms. The summed E-state index contributed by atoms with van der Waals surface area (Å²) in [6, 6.07) is 7.89. The molecule has 0 radical (unpaired) electrons. The molecule has 2 N–H and O–H groups in total. The Balaban J connectivity index is 2.59. The van der Waals surface area contributed by atoms with Gasteiger partial charge in [0.25, 0.3) is 0 Å². The molecule has 3 rings (SSSR count). The summed E-state index contributed by atoms with van der Waals surface area (Å²) in [6.07, 6.45) is 0. The average Bonchev–Trinajstić information content (AvgIpc) is 2.62. The first-order valence-corrected chi connectivity index (χ1v) is 5.86. The van der Waals surface area contributed by atoms with Crippen molar-refractivity contribution in [3.05, 3.63) is 40.4 Å². The van der Waals surface area contributed by atoms with Gasteiger partial charge in [-0.25, -0.2) is 0 Å². The van der Waals surface area contributed by atoms with Crippen LogP contribution in [0.5, 0.6) is 5.75 Å². The lowest BCUT2D eigenvalue weighted by molar-refractivity contribution is 0.481. The number of halogens is 1. The van der Waals surface area contributed by atoms with Gasteiger partial charge < -0.3 is 10.1 Å². The van der Waals surface area contributed by atoms with Crippen molar-refractivity contribution < 1.29 is 5.11 Å². The molecule has 3 heteroatoms. The largest absolute Gasteiger partial charge is 0.504 e. The second kappa shape index (κ2) is 3.41. The summed E-state index contributed by atoms with van der Waals surface area (Å²) in [7, 11) is 0. The highest BCUT2D eigenvalue weighted by Gasteiger charge is 2.12. The van der Waals surface area contributed by atoms with Gasteiger partial charge >= 0.3 is 0 Å². The lowest BCUT2D eigenvalue weighted by Crippen LogP contribution is -1.78. The highest BCUT2D eigenvalue weighted by molar-refractivity contribution is 6.33. The van der Waals surface area contributed by atoms with Crippen molar-refractivity contribution in [2.45, 2.75) is 13.8 Å². The minimum absolute atomic E-state index is 0.123. The summed E-state index contributed by atoms with van der Waals surface area (Å²) < 4.78 is 0. The number of rotatable bonds is 0. The maximum Gasteiger partial charge on any atom is 0.158 e. The number of H-pyrrole nitrogens is 1. The second-order valence-electron chi connectivity index (χ2n) is 4.45. The zero-order valence-corrected chi connectivity index (χ0v) is 10.4. The highest BCUT2D eigenvalue weighted by Crippen LogP contribution is 2.37. The van der Waals surface area contributed by atoms with Gasteiger partial charge in [-0.1, -0.05) is 23.7 Å². The number of fused-ring (bicyclic) bond motifs is 3. The lowest BCUT2D eigenvalue weighted by atomic mass is 10.0. The number of hydrogen-bond acceptors (Lipinski definition) is 1. The molecule has 1 heterocycles. The van der Waals surface area contributed by atoms with Gasteiger partial charge in [-0.2, -0.15) is 0 Å².